The lowest BCUT2D eigenvalue weighted by Crippen LogP contribution is -2.34. The van der Waals surface area contributed by atoms with Crippen molar-refractivity contribution in [3.63, 3.8) is 0 Å². The minimum atomic E-state index is -0.555. The van der Waals surface area contributed by atoms with E-state index in [1.54, 1.807) is 6.07 Å². The molecule has 0 aliphatic heterocycles. The maximum atomic E-state index is 12.4. The van der Waals surface area contributed by atoms with Crippen molar-refractivity contribution in [3.05, 3.63) is 70.8 Å². The van der Waals surface area contributed by atoms with Gasteiger partial charge in [0.05, 0.1) is 12.1 Å². The van der Waals surface area contributed by atoms with Crippen LogP contribution < -0.4 is 5.32 Å². The van der Waals surface area contributed by atoms with E-state index < -0.39 is 6.10 Å². The molecule has 0 aromatic heterocycles. The number of carbonyl (C=O) groups excluding carboxylic acids is 1. The van der Waals surface area contributed by atoms with Crippen LogP contribution in [0.3, 0.4) is 0 Å². The average Bonchev–Trinajstić information content (AvgIpc) is 2.76. The molecule has 0 radical (unpaired) electrons. The van der Waals surface area contributed by atoms with Gasteiger partial charge in [-0.2, -0.15) is 0 Å². The molecular formula is C17H17NO2. The van der Waals surface area contributed by atoms with Gasteiger partial charge in [0.2, 0.25) is 0 Å². The Labute approximate surface area is 118 Å². The standard InChI is InChI=1S/C17H17NO2/c1-11-6-2-4-8-13(11)17(20)18-16-14-9-5-3-7-12(14)10-15(16)19/h2-9,15-16,19H,10H2,1H3,(H,18,20)/t15-,16+/m1/s1. The van der Waals surface area contributed by atoms with Gasteiger partial charge in [-0.25, -0.2) is 0 Å². The van der Waals surface area contributed by atoms with E-state index in [1.807, 2.05) is 49.4 Å². The number of aliphatic hydroxyl groups excluding tert-OH is 1. The molecule has 3 nitrogen and oxygen atoms in total. The third kappa shape index (κ3) is 2.21. The Morgan fingerprint density at radius 3 is 2.65 bits per heavy atom. The molecule has 2 aromatic carbocycles. The van der Waals surface area contributed by atoms with Crippen LogP contribution >= 0.6 is 0 Å². The first-order valence-electron chi connectivity index (χ1n) is 6.79. The van der Waals surface area contributed by atoms with Crippen molar-refractivity contribution in [2.24, 2.45) is 0 Å². The van der Waals surface area contributed by atoms with Crippen molar-refractivity contribution in [2.45, 2.75) is 25.5 Å². The fourth-order valence-electron chi connectivity index (χ4n) is 2.79. The van der Waals surface area contributed by atoms with Gasteiger partial charge in [-0.3, -0.25) is 4.79 Å². The number of aliphatic hydroxyl groups is 1. The van der Waals surface area contributed by atoms with Crippen molar-refractivity contribution in [3.8, 4) is 0 Å². The second-order valence-electron chi connectivity index (χ2n) is 5.24. The summed E-state index contributed by atoms with van der Waals surface area (Å²) in [5.41, 5.74) is 3.71. The van der Waals surface area contributed by atoms with Crippen LogP contribution in [0.4, 0.5) is 0 Å². The second kappa shape index (κ2) is 5.10. The maximum Gasteiger partial charge on any atom is 0.252 e. The van der Waals surface area contributed by atoms with Crippen molar-refractivity contribution >= 4 is 5.91 Å². The first kappa shape index (κ1) is 12.9. The SMILES string of the molecule is Cc1ccccc1C(=O)N[C@H]1c2ccccc2C[C@H]1O. The third-order valence-corrected chi connectivity index (χ3v) is 3.88. The number of rotatable bonds is 2. The Bertz CT molecular complexity index is 651. The molecule has 1 aliphatic rings. The molecule has 2 N–H and O–H groups in total. The number of hydrogen-bond acceptors (Lipinski definition) is 2. The molecule has 1 amide bonds. The van der Waals surface area contributed by atoms with Gasteiger partial charge in [-0.1, -0.05) is 42.5 Å². The number of nitrogens with one attached hydrogen (secondary N) is 1. The van der Waals surface area contributed by atoms with Crippen LogP contribution in [0.1, 0.15) is 33.1 Å². The molecule has 0 fully saturated rings. The molecule has 0 spiro atoms. The molecular weight excluding hydrogens is 250 g/mol. The van der Waals surface area contributed by atoms with E-state index in [-0.39, 0.29) is 11.9 Å². The Kier molecular flexibility index (Phi) is 3.28. The summed E-state index contributed by atoms with van der Waals surface area (Å²) in [6.45, 7) is 1.91. The highest BCUT2D eigenvalue weighted by Crippen LogP contribution is 2.31. The van der Waals surface area contributed by atoms with Gasteiger partial charge in [0.15, 0.2) is 0 Å². The average molecular weight is 267 g/mol. The van der Waals surface area contributed by atoms with Crippen molar-refractivity contribution in [2.75, 3.05) is 0 Å². The summed E-state index contributed by atoms with van der Waals surface area (Å²) in [6.07, 6.45) is 0.0369. The first-order valence-corrected chi connectivity index (χ1v) is 6.79. The molecule has 2 aromatic rings. The maximum absolute atomic E-state index is 12.4. The van der Waals surface area contributed by atoms with Gasteiger partial charge in [-0.05, 0) is 29.7 Å². The van der Waals surface area contributed by atoms with Gasteiger partial charge in [0, 0.05) is 12.0 Å². The summed E-state index contributed by atoms with van der Waals surface area (Å²) in [5.74, 6) is -0.135. The number of amides is 1. The van der Waals surface area contributed by atoms with Gasteiger partial charge in [0.1, 0.15) is 0 Å². The van der Waals surface area contributed by atoms with Crippen molar-refractivity contribution < 1.29 is 9.90 Å². The highest BCUT2D eigenvalue weighted by molar-refractivity contribution is 5.95. The molecule has 0 heterocycles. The zero-order chi connectivity index (χ0) is 14.1. The summed E-state index contributed by atoms with van der Waals surface area (Å²) in [6, 6.07) is 15.0. The predicted octanol–water partition coefficient (Wildman–Crippen LogP) is 2.38. The lowest BCUT2D eigenvalue weighted by Gasteiger charge is -2.18. The lowest BCUT2D eigenvalue weighted by molar-refractivity contribution is 0.0857. The van der Waals surface area contributed by atoms with Crippen LogP contribution in [-0.2, 0) is 6.42 Å². The van der Waals surface area contributed by atoms with Gasteiger partial charge < -0.3 is 10.4 Å². The number of benzene rings is 2. The van der Waals surface area contributed by atoms with E-state index in [1.165, 1.54) is 0 Å². The molecule has 102 valence electrons. The monoisotopic (exact) mass is 267 g/mol. The smallest absolute Gasteiger partial charge is 0.252 e. The molecule has 0 unspecified atom stereocenters. The summed E-state index contributed by atoms with van der Waals surface area (Å²) >= 11 is 0. The summed E-state index contributed by atoms with van der Waals surface area (Å²) in [7, 11) is 0. The van der Waals surface area contributed by atoms with E-state index in [0.717, 1.165) is 16.7 Å². The molecule has 0 saturated carbocycles. The van der Waals surface area contributed by atoms with Crippen LogP contribution in [0.15, 0.2) is 48.5 Å². The minimum absolute atomic E-state index is 0.135. The predicted molar refractivity (Wildman–Crippen MR) is 77.5 cm³/mol. The molecule has 20 heavy (non-hydrogen) atoms. The van der Waals surface area contributed by atoms with Gasteiger partial charge >= 0.3 is 0 Å². The molecule has 3 heteroatoms. The van der Waals surface area contributed by atoms with E-state index in [2.05, 4.69) is 5.32 Å². The Balaban J connectivity index is 1.85. The largest absolute Gasteiger partial charge is 0.390 e. The highest BCUT2D eigenvalue weighted by Gasteiger charge is 2.32. The zero-order valence-electron chi connectivity index (χ0n) is 11.3. The van der Waals surface area contributed by atoms with Crippen LogP contribution in [-0.4, -0.2) is 17.1 Å². The lowest BCUT2D eigenvalue weighted by atomic mass is 10.1. The van der Waals surface area contributed by atoms with Crippen LogP contribution in [0, 0.1) is 6.92 Å². The number of fused-ring (bicyclic) bond motifs is 1. The molecule has 2 atom stereocenters. The van der Waals surface area contributed by atoms with E-state index >= 15 is 0 Å². The van der Waals surface area contributed by atoms with Crippen LogP contribution in [0.25, 0.3) is 0 Å². The zero-order valence-corrected chi connectivity index (χ0v) is 11.3. The number of carbonyl (C=O) groups is 1. The summed E-state index contributed by atoms with van der Waals surface area (Å²) in [4.78, 5) is 12.4. The van der Waals surface area contributed by atoms with Gasteiger partial charge in [0.25, 0.3) is 5.91 Å². The fourth-order valence-corrected chi connectivity index (χ4v) is 2.79. The fraction of sp³-hybridized carbons (Fsp3) is 0.235. The summed E-state index contributed by atoms with van der Waals surface area (Å²) in [5, 5.41) is 13.1. The van der Waals surface area contributed by atoms with Crippen molar-refractivity contribution in [1.29, 1.82) is 0 Å². The first-order chi connectivity index (χ1) is 9.66. The molecule has 1 aliphatic carbocycles. The van der Waals surface area contributed by atoms with Gasteiger partial charge in [-0.15, -0.1) is 0 Å². The quantitative estimate of drug-likeness (QED) is 0.877. The van der Waals surface area contributed by atoms with Crippen molar-refractivity contribution in [1.82, 2.24) is 5.32 Å². The van der Waals surface area contributed by atoms with E-state index in [9.17, 15) is 9.90 Å². The number of hydrogen-bond donors (Lipinski definition) is 2. The molecule has 0 saturated heterocycles. The van der Waals surface area contributed by atoms with Crippen LogP contribution in [0.5, 0.6) is 0 Å². The Hall–Kier alpha value is -2.13. The topological polar surface area (TPSA) is 49.3 Å². The Morgan fingerprint density at radius 1 is 1.15 bits per heavy atom. The minimum Gasteiger partial charge on any atom is -0.390 e. The number of aryl methyl sites for hydroxylation is 1. The third-order valence-electron chi connectivity index (χ3n) is 3.88. The normalized spacial score (nSPS) is 20.5. The Morgan fingerprint density at radius 2 is 1.85 bits per heavy atom. The summed E-state index contributed by atoms with van der Waals surface area (Å²) < 4.78 is 0. The molecule has 0 bridgehead atoms. The molecule has 3 rings (SSSR count). The van der Waals surface area contributed by atoms with E-state index in [4.69, 9.17) is 0 Å². The second-order valence-corrected chi connectivity index (χ2v) is 5.24. The highest BCUT2D eigenvalue weighted by atomic mass is 16.3. The van der Waals surface area contributed by atoms with E-state index in [0.29, 0.717) is 12.0 Å². The van der Waals surface area contributed by atoms with Crippen LogP contribution in [0.2, 0.25) is 0 Å².